The lowest BCUT2D eigenvalue weighted by molar-refractivity contribution is 0.0951. The summed E-state index contributed by atoms with van der Waals surface area (Å²) < 4.78 is 34.6. The Kier molecular flexibility index (Phi) is 8.30. The Labute approximate surface area is 226 Å². The molecular weight excluding hydrogens is 528 g/mol. The van der Waals surface area contributed by atoms with Crippen LogP contribution in [0.2, 0.25) is 5.02 Å². The molecule has 4 rings (SSSR count). The van der Waals surface area contributed by atoms with Crippen LogP contribution in [0.1, 0.15) is 10.4 Å². The van der Waals surface area contributed by atoms with Crippen LogP contribution in [-0.2, 0) is 10.0 Å². The van der Waals surface area contributed by atoms with Crippen LogP contribution < -0.4 is 20.1 Å². The summed E-state index contributed by atoms with van der Waals surface area (Å²) in [5.74, 6) is 0.279. The average Bonchev–Trinajstić information content (AvgIpc) is 2.90. The molecule has 3 aromatic carbocycles. The molecule has 3 N–H and O–H groups in total. The van der Waals surface area contributed by atoms with Crippen LogP contribution in [0.25, 0.3) is 11.0 Å². The Hall–Kier alpha value is -3.93. The quantitative estimate of drug-likeness (QED) is 0.267. The minimum absolute atomic E-state index is 0.0385. The van der Waals surface area contributed by atoms with Crippen LogP contribution in [0.4, 0.5) is 17.3 Å². The number of ether oxygens (including phenoxy) is 1. The van der Waals surface area contributed by atoms with Gasteiger partial charge in [-0.25, -0.2) is 18.4 Å². The number of aromatic nitrogens is 2. The van der Waals surface area contributed by atoms with E-state index in [1.807, 2.05) is 19.0 Å². The summed E-state index contributed by atoms with van der Waals surface area (Å²) >= 11 is 6.36. The van der Waals surface area contributed by atoms with Crippen molar-refractivity contribution in [3.63, 3.8) is 0 Å². The first-order valence-electron chi connectivity index (χ1n) is 11.6. The second-order valence-corrected chi connectivity index (χ2v) is 10.7. The van der Waals surface area contributed by atoms with Crippen molar-refractivity contribution < 1.29 is 17.9 Å². The summed E-state index contributed by atoms with van der Waals surface area (Å²) in [5.41, 5.74) is 1.71. The van der Waals surface area contributed by atoms with Gasteiger partial charge in [-0.15, -0.1) is 0 Å². The van der Waals surface area contributed by atoms with Gasteiger partial charge in [0, 0.05) is 24.7 Å². The molecule has 4 aromatic rings. The molecule has 0 saturated carbocycles. The first-order valence-corrected chi connectivity index (χ1v) is 13.5. The lowest BCUT2D eigenvalue weighted by Crippen LogP contribution is -2.31. The van der Waals surface area contributed by atoms with E-state index in [1.54, 1.807) is 48.5 Å². The zero-order valence-corrected chi connectivity index (χ0v) is 22.6. The SMILES string of the molecule is COc1ccc(Cl)c(Nc2nc3ccccc3nc2NS(=O)(=O)c2cccc(C(=O)NCCN(C)C)c2)c1. The number of likely N-dealkylation sites (N-methyl/N-ethyl adjacent to an activating group) is 1. The van der Waals surface area contributed by atoms with E-state index in [2.05, 4.69) is 25.3 Å². The molecule has 38 heavy (non-hydrogen) atoms. The zero-order chi connectivity index (χ0) is 27.3. The third kappa shape index (κ3) is 6.49. The molecule has 0 unspecified atom stereocenters. The van der Waals surface area contributed by atoms with Gasteiger partial charge in [-0.2, -0.15) is 0 Å². The standard InChI is InChI=1S/C26H27ClN6O4S/c1-33(2)14-13-28-26(34)17-7-6-8-19(15-17)38(35,36)32-25-24(29-21-9-4-5-10-22(21)30-25)31-23-16-18(37-3)11-12-20(23)27/h4-12,15-16H,13-14H2,1-3H3,(H,28,34)(H,29,31)(H,30,32). The maximum Gasteiger partial charge on any atom is 0.263 e. The topological polar surface area (TPSA) is 126 Å². The third-order valence-electron chi connectivity index (χ3n) is 5.48. The molecule has 1 amide bonds. The zero-order valence-electron chi connectivity index (χ0n) is 21.0. The van der Waals surface area contributed by atoms with Crippen LogP contribution >= 0.6 is 11.6 Å². The first-order chi connectivity index (χ1) is 18.2. The van der Waals surface area contributed by atoms with E-state index in [0.717, 1.165) is 0 Å². The lowest BCUT2D eigenvalue weighted by atomic mass is 10.2. The molecule has 10 nitrogen and oxygen atoms in total. The second kappa shape index (κ2) is 11.6. The highest BCUT2D eigenvalue weighted by Crippen LogP contribution is 2.32. The van der Waals surface area contributed by atoms with Crippen molar-refractivity contribution >= 4 is 55.9 Å². The minimum atomic E-state index is -4.15. The first kappa shape index (κ1) is 27.1. The number of nitrogens with zero attached hydrogens (tertiary/aromatic N) is 3. The van der Waals surface area contributed by atoms with Crippen molar-refractivity contribution in [3.05, 3.63) is 77.3 Å². The predicted octanol–water partition coefficient (Wildman–Crippen LogP) is 4.13. The van der Waals surface area contributed by atoms with Crippen molar-refractivity contribution in [1.82, 2.24) is 20.2 Å². The number of nitrogens with one attached hydrogen (secondary N) is 3. The molecule has 0 bridgehead atoms. The monoisotopic (exact) mass is 554 g/mol. The van der Waals surface area contributed by atoms with Gasteiger partial charge in [0.2, 0.25) is 0 Å². The number of carbonyl (C=O) groups excluding carboxylic acids is 1. The largest absolute Gasteiger partial charge is 0.497 e. The maximum absolute atomic E-state index is 13.4. The Bertz CT molecular complexity index is 1580. The fourth-order valence-corrected chi connectivity index (χ4v) is 4.72. The van der Waals surface area contributed by atoms with Gasteiger partial charge in [0.25, 0.3) is 15.9 Å². The van der Waals surface area contributed by atoms with Crippen molar-refractivity contribution in [2.24, 2.45) is 0 Å². The summed E-state index contributed by atoms with van der Waals surface area (Å²) in [6.07, 6.45) is 0. The van der Waals surface area contributed by atoms with Crippen LogP contribution in [0.5, 0.6) is 5.75 Å². The highest BCUT2D eigenvalue weighted by molar-refractivity contribution is 7.92. The number of carbonyl (C=O) groups is 1. The molecule has 12 heteroatoms. The number of amides is 1. The Morgan fingerprint density at radius 3 is 2.37 bits per heavy atom. The number of rotatable bonds is 10. The number of hydrogen-bond acceptors (Lipinski definition) is 8. The van der Waals surface area contributed by atoms with E-state index in [-0.39, 0.29) is 28.0 Å². The number of fused-ring (bicyclic) bond motifs is 1. The Morgan fingerprint density at radius 1 is 0.974 bits per heavy atom. The highest BCUT2D eigenvalue weighted by atomic mass is 35.5. The van der Waals surface area contributed by atoms with E-state index in [1.165, 1.54) is 25.3 Å². The fraction of sp³-hybridized carbons (Fsp3) is 0.192. The summed E-state index contributed by atoms with van der Waals surface area (Å²) in [6, 6.07) is 17.9. The molecule has 0 spiro atoms. The van der Waals surface area contributed by atoms with Crippen molar-refractivity contribution in [2.75, 3.05) is 44.3 Å². The molecule has 0 radical (unpaired) electrons. The van der Waals surface area contributed by atoms with Gasteiger partial charge < -0.3 is 20.3 Å². The van der Waals surface area contributed by atoms with Gasteiger partial charge >= 0.3 is 0 Å². The Balaban J connectivity index is 1.67. The van der Waals surface area contributed by atoms with E-state index >= 15 is 0 Å². The van der Waals surface area contributed by atoms with Gasteiger partial charge in [0.1, 0.15) is 5.75 Å². The lowest BCUT2D eigenvalue weighted by Gasteiger charge is -2.15. The van der Waals surface area contributed by atoms with Crippen LogP contribution in [0, 0.1) is 0 Å². The molecule has 0 fully saturated rings. The van der Waals surface area contributed by atoms with Gasteiger partial charge in [0.05, 0.1) is 33.7 Å². The predicted molar refractivity (Wildman–Crippen MR) is 149 cm³/mol. The van der Waals surface area contributed by atoms with Gasteiger partial charge in [0.15, 0.2) is 11.6 Å². The van der Waals surface area contributed by atoms with Crippen LogP contribution in [0.3, 0.4) is 0 Å². The summed E-state index contributed by atoms with van der Waals surface area (Å²) in [5, 5.41) is 6.22. The van der Waals surface area contributed by atoms with Crippen molar-refractivity contribution in [2.45, 2.75) is 4.90 Å². The molecule has 0 aliphatic rings. The van der Waals surface area contributed by atoms with E-state index in [4.69, 9.17) is 16.3 Å². The molecule has 198 valence electrons. The number of sulfonamides is 1. The molecule has 1 heterocycles. The number of benzene rings is 3. The van der Waals surface area contributed by atoms with Crippen molar-refractivity contribution in [3.8, 4) is 5.75 Å². The number of methoxy groups -OCH3 is 1. The van der Waals surface area contributed by atoms with Gasteiger partial charge in [-0.1, -0.05) is 29.8 Å². The number of anilines is 3. The number of para-hydroxylation sites is 2. The second-order valence-electron chi connectivity index (χ2n) is 8.57. The molecule has 0 saturated heterocycles. The fourth-order valence-electron chi connectivity index (χ4n) is 3.50. The molecule has 0 atom stereocenters. The molecule has 0 aliphatic heterocycles. The van der Waals surface area contributed by atoms with E-state index in [0.29, 0.717) is 40.6 Å². The van der Waals surface area contributed by atoms with Crippen LogP contribution in [0.15, 0.2) is 71.6 Å². The average molecular weight is 555 g/mol. The number of hydrogen-bond donors (Lipinski definition) is 3. The summed E-state index contributed by atoms with van der Waals surface area (Å²) in [7, 11) is 1.17. The minimum Gasteiger partial charge on any atom is -0.497 e. The Morgan fingerprint density at radius 2 is 1.68 bits per heavy atom. The van der Waals surface area contributed by atoms with E-state index in [9.17, 15) is 13.2 Å². The number of halogens is 1. The third-order valence-corrected chi connectivity index (χ3v) is 7.15. The molecular formula is C26H27ClN6O4S. The van der Waals surface area contributed by atoms with E-state index < -0.39 is 10.0 Å². The summed E-state index contributed by atoms with van der Waals surface area (Å²) in [4.78, 5) is 23.4. The summed E-state index contributed by atoms with van der Waals surface area (Å²) in [6.45, 7) is 1.08. The maximum atomic E-state index is 13.4. The smallest absolute Gasteiger partial charge is 0.263 e. The van der Waals surface area contributed by atoms with Crippen molar-refractivity contribution in [1.29, 1.82) is 0 Å². The van der Waals surface area contributed by atoms with Crippen LogP contribution in [-0.4, -0.2) is 63.5 Å². The highest BCUT2D eigenvalue weighted by Gasteiger charge is 2.21. The molecule has 1 aromatic heterocycles. The molecule has 0 aliphatic carbocycles. The van der Waals surface area contributed by atoms with Gasteiger partial charge in [-0.3, -0.25) is 9.52 Å². The van der Waals surface area contributed by atoms with Gasteiger partial charge in [-0.05, 0) is 56.6 Å². The normalized spacial score (nSPS) is 11.4.